The van der Waals surface area contributed by atoms with Crippen LogP contribution < -0.4 is 0 Å². The van der Waals surface area contributed by atoms with Gasteiger partial charge < -0.3 is 9.64 Å². The molecule has 0 saturated carbocycles. The molecule has 1 rings (SSSR count). The van der Waals surface area contributed by atoms with Gasteiger partial charge in [-0.2, -0.15) is 13.2 Å². The lowest BCUT2D eigenvalue weighted by molar-refractivity contribution is -0.167. The number of rotatable bonds is 5. The van der Waals surface area contributed by atoms with Crippen LogP contribution in [0.25, 0.3) is 0 Å². The summed E-state index contributed by atoms with van der Waals surface area (Å²) >= 11 is 0. The minimum atomic E-state index is -4.79. The topological polar surface area (TPSA) is 29.5 Å². The van der Waals surface area contributed by atoms with Gasteiger partial charge in [-0.3, -0.25) is 4.79 Å². The van der Waals surface area contributed by atoms with Gasteiger partial charge in [0.05, 0.1) is 0 Å². The van der Waals surface area contributed by atoms with Crippen LogP contribution in [0.15, 0.2) is 11.8 Å². The maximum Gasteiger partial charge on any atom is 0.454 e. The molecule has 3 nitrogen and oxygen atoms in total. The highest BCUT2D eigenvalue weighted by Crippen LogP contribution is 2.28. The lowest BCUT2D eigenvalue weighted by Crippen LogP contribution is -2.39. The third kappa shape index (κ3) is 3.73. The van der Waals surface area contributed by atoms with E-state index in [1.165, 1.54) is 6.20 Å². The Hall–Kier alpha value is -1.04. The molecule has 0 aromatic rings. The number of Topliss-reactive ketones (excluding diaryl/α,β-unsaturated/α-hetero) is 1. The van der Waals surface area contributed by atoms with Crippen LogP contribution in [-0.2, 0) is 9.53 Å². The quantitative estimate of drug-likeness (QED) is 0.765. The van der Waals surface area contributed by atoms with Gasteiger partial charge in [0.15, 0.2) is 0 Å². The summed E-state index contributed by atoms with van der Waals surface area (Å²) in [6, 6.07) is 0. The van der Waals surface area contributed by atoms with Gasteiger partial charge in [-0.1, -0.05) is 6.92 Å². The molecule has 0 aromatic carbocycles. The minimum absolute atomic E-state index is 0.114. The normalized spacial score (nSPS) is 20.8. The second-order valence-corrected chi connectivity index (χ2v) is 4.17. The zero-order valence-corrected chi connectivity index (χ0v) is 10.6. The van der Waals surface area contributed by atoms with E-state index in [2.05, 4.69) is 0 Å². The summed E-state index contributed by atoms with van der Waals surface area (Å²) in [6.07, 6.45) is -2.39. The van der Waals surface area contributed by atoms with Gasteiger partial charge in [0.25, 0.3) is 5.78 Å². The van der Waals surface area contributed by atoms with Crippen molar-refractivity contribution in [3.05, 3.63) is 11.8 Å². The lowest BCUT2D eigenvalue weighted by Gasteiger charge is -2.34. The lowest BCUT2D eigenvalue weighted by atomic mass is 10.0. The van der Waals surface area contributed by atoms with E-state index in [0.29, 0.717) is 19.6 Å². The number of carbonyl (C=O) groups excluding carboxylic acids is 1. The number of ketones is 1. The van der Waals surface area contributed by atoms with Crippen molar-refractivity contribution in [1.29, 1.82) is 0 Å². The van der Waals surface area contributed by atoms with Crippen molar-refractivity contribution in [2.45, 2.75) is 45.5 Å². The number of alkyl halides is 3. The average Bonchev–Trinajstić information content (AvgIpc) is 2.30. The first kappa shape index (κ1) is 15.0. The first-order valence-electron chi connectivity index (χ1n) is 6.09. The molecule has 1 heterocycles. The number of ether oxygens (including phenoxy) is 1. The summed E-state index contributed by atoms with van der Waals surface area (Å²) in [5, 5.41) is 0. The van der Waals surface area contributed by atoms with Crippen LogP contribution >= 0.6 is 0 Å². The van der Waals surface area contributed by atoms with Gasteiger partial charge in [0, 0.05) is 24.9 Å². The zero-order chi connectivity index (χ0) is 13.8. The van der Waals surface area contributed by atoms with Gasteiger partial charge in [-0.15, -0.1) is 0 Å². The second-order valence-electron chi connectivity index (χ2n) is 4.17. The summed E-state index contributed by atoms with van der Waals surface area (Å²) in [5.41, 5.74) is -0.174. The number of hydrogen-bond acceptors (Lipinski definition) is 3. The van der Waals surface area contributed by atoms with Crippen LogP contribution in [0.4, 0.5) is 13.2 Å². The molecule has 0 N–H and O–H groups in total. The van der Waals surface area contributed by atoms with E-state index in [-0.39, 0.29) is 18.2 Å². The predicted octanol–water partition coefficient (Wildman–Crippen LogP) is 2.87. The fourth-order valence-electron chi connectivity index (χ4n) is 1.99. The van der Waals surface area contributed by atoms with Crippen molar-refractivity contribution in [3.63, 3.8) is 0 Å². The summed E-state index contributed by atoms with van der Waals surface area (Å²) in [7, 11) is 0. The van der Waals surface area contributed by atoms with Crippen molar-refractivity contribution < 1.29 is 22.7 Å². The summed E-state index contributed by atoms with van der Waals surface area (Å²) < 4.78 is 42.5. The Morgan fingerprint density at radius 1 is 1.50 bits per heavy atom. The molecule has 0 bridgehead atoms. The Labute approximate surface area is 105 Å². The van der Waals surface area contributed by atoms with E-state index in [1.54, 1.807) is 4.90 Å². The molecular formula is C12H18F3NO2. The first-order valence-corrected chi connectivity index (χ1v) is 6.09. The molecule has 104 valence electrons. The van der Waals surface area contributed by atoms with Crippen LogP contribution in [0.5, 0.6) is 0 Å². The van der Waals surface area contributed by atoms with E-state index in [9.17, 15) is 18.0 Å². The monoisotopic (exact) mass is 265 g/mol. The maximum absolute atomic E-state index is 12.4. The molecule has 0 radical (unpaired) electrons. The Morgan fingerprint density at radius 3 is 2.67 bits per heavy atom. The Morgan fingerprint density at radius 2 is 2.17 bits per heavy atom. The molecule has 0 fully saturated rings. The average molecular weight is 265 g/mol. The van der Waals surface area contributed by atoms with Crippen LogP contribution in [0.3, 0.4) is 0 Å². The molecule has 6 heteroatoms. The molecule has 0 saturated heterocycles. The Balaban J connectivity index is 2.83. The van der Waals surface area contributed by atoms with Gasteiger partial charge in [-0.25, -0.2) is 0 Å². The molecule has 1 aliphatic rings. The fraction of sp³-hybridized carbons (Fsp3) is 0.750. The number of halogens is 3. The zero-order valence-electron chi connectivity index (χ0n) is 10.6. The number of allylic oxidation sites excluding steroid dienone is 1. The predicted molar refractivity (Wildman–Crippen MR) is 60.8 cm³/mol. The molecule has 0 spiro atoms. The summed E-state index contributed by atoms with van der Waals surface area (Å²) in [4.78, 5) is 12.9. The van der Waals surface area contributed by atoms with Gasteiger partial charge >= 0.3 is 6.18 Å². The van der Waals surface area contributed by atoms with E-state index >= 15 is 0 Å². The van der Waals surface area contributed by atoms with Crippen molar-refractivity contribution in [2.75, 3.05) is 13.2 Å². The molecule has 18 heavy (non-hydrogen) atoms. The fourth-order valence-corrected chi connectivity index (χ4v) is 1.99. The van der Waals surface area contributed by atoms with E-state index in [4.69, 9.17) is 4.74 Å². The number of nitrogens with zero attached hydrogens (tertiary/aromatic N) is 1. The van der Waals surface area contributed by atoms with Gasteiger partial charge in [0.1, 0.15) is 6.23 Å². The van der Waals surface area contributed by atoms with Crippen LogP contribution in [0.2, 0.25) is 0 Å². The maximum atomic E-state index is 12.4. The second kappa shape index (κ2) is 6.22. The number of carbonyl (C=O) groups is 1. The molecular weight excluding hydrogens is 247 g/mol. The molecule has 1 aliphatic heterocycles. The summed E-state index contributed by atoms with van der Waals surface area (Å²) in [6.45, 7) is 4.85. The highest BCUT2D eigenvalue weighted by atomic mass is 19.4. The largest absolute Gasteiger partial charge is 0.454 e. The minimum Gasteiger partial charge on any atom is -0.359 e. The molecule has 1 unspecified atom stereocenters. The molecule has 0 aromatic heterocycles. The van der Waals surface area contributed by atoms with Crippen molar-refractivity contribution in [3.8, 4) is 0 Å². The van der Waals surface area contributed by atoms with Crippen molar-refractivity contribution in [1.82, 2.24) is 4.90 Å². The Kier molecular flexibility index (Phi) is 5.19. The van der Waals surface area contributed by atoms with Crippen molar-refractivity contribution in [2.24, 2.45) is 0 Å². The SMILES string of the molecule is CCCN1C=C(C(=O)C(F)(F)F)CCC1OCC. The van der Waals surface area contributed by atoms with Crippen LogP contribution in [0.1, 0.15) is 33.1 Å². The van der Waals surface area contributed by atoms with E-state index in [1.807, 2.05) is 13.8 Å². The van der Waals surface area contributed by atoms with Crippen LogP contribution in [-0.4, -0.2) is 36.2 Å². The highest BCUT2D eigenvalue weighted by Gasteiger charge is 2.41. The highest BCUT2D eigenvalue weighted by molar-refractivity contribution is 5.99. The Bertz CT molecular complexity index is 326. The third-order valence-electron chi connectivity index (χ3n) is 2.74. The summed E-state index contributed by atoms with van der Waals surface area (Å²) in [5.74, 6) is -1.74. The van der Waals surface area contributed by atoms with Gasteiger partial charge in [0.2, 0.25) is 0 Å². The molecule has 0 amide bonds. The third-order valence-corrected chi connectivity index (χ3v) is 2.74. The molecule has 1 atom stereocenters. The first-order chi connectivity index (χ1) is 8.40. The van der Waals surface area contributed by atoms with E-state index in [0.717, 1.165) is 6.42 Å². The van der Waals surface area contributed by atoms with Crippen LogP contribution in [0, 0.1) is 0 Å². The molecule has 0 aliphatic carbocycles. The van der Waals surface area contributed by atoms with Gasteiger partial charge in [-0.05, 0) is 26.2 Å². The number of hydrogen-bond donors (Lipinski definition) is 0. The van der Waals surface area contributed by atoms with Crippen molar-refractivity contribution >= 4 is 5.78 Å². The smallest absolute Gasteiger partial charge is 0.359 e. The van der Waals surface area contributed by atoms with E-state index < -0.39 is 12.0 Å². The standard InChI is InChI=1S/C12H18F3NO2/c1-3-7-16-8-9(11(17)12(13,14)15)5-6-10(16)18-4-2/h8,10H,3-7H2,1-2H3.